The van der Waals surface area contributed by atoms with Crippen LogP contribution < -0.4 is 13.9 Å². The Morgan fingerprint density at radius 2 is 1.56 bits per heavy atom. The number of aryl methyl sites for hydroxylation is 2. The van der Waals surface area contributed by atoms with E-state index >= 15 is 0 Å². The zero-order valence-electron chi connectivity index (χ0n) is 19.4. The van der Waals surface area contributed by atoms with Crippen molar-refractivity contribution in [3.8, 4) is 0 Å². The number of hydrogen-bond donors (Lipinski definition) is 1. The van der Waals surface area contributed by atoms with E-state index < -0.39 is 32.5 Å². The Balaban J connectivity index is 1.95. The molecule has 0 aromatic heterocycles. The smallest absolute Gasteiger partial charge is 0.264 e. The van der Waals surface area contributed by atoms with E-state index in [-0.39, 0.29) is 4.90 Å². The Hall–Kier alpha value is -3.37. The molecule has 3 rings (SSSR count). The molecule has 180 valence electrons. The number of hydrogen-bond acceptors (Lipinski definition) is 5. The lowest BCUT2D eigenvalue weighted by Gasteiger charge is -2.26. The molecule has 1 N–H and O–H groups in total. The minimum absolute atomic E-state index is 0.0699. The molecule has 0 heterocycles. The van der Waals surface area contributed by atoms with Gasteiger partial charge in [0.2, 0.25) is 15.9 Å². The second-order valence-corrected chi connectivity index (χ2v) is 11.8. The fourth-order valence-corrected chi connectivity index (χ4v) is 5.30. The standard InChI is InChI=1S/C24H27N3O5S2/c1-18-13-14-19(2)23(15-18)27(34(31,32)22-11-6-5-7-12-22)17-24(28)25-20-9-8-10-21(16-20)26(3)33(4,29)30/h5-16H,17H2,1-4H3,(H,25,28). The Morgan fingerprint density at radius 3 is 2.21 bits per heavy atom. The third-order valence-corrected chi connectivity index (χ3v) is 8.22. The first-order chi connectivity index (χ1) is 15.9. The van der Waals surface area contributed by atoms with Gasteiger partial charge in [-0.05, 0) is 61.4 Å². The van der Waals surface area contributed by atoms with Crippen LogP contribution in [-0.2, 0) is 24.8 Å². The largest absolute Gasteiger partial charge is 0.324 e. The lowest BCUT2D eigenvalue weighted by Crippen LogP contribution is -2.38. The minimum atomic E-state index is -4.04. The summed E-state index contributed by atoms with van der Waals surface area (Å²) in [4.78, 5) is 13.1. The molecule has 10 heteroatoms. The average molecular weight is 502 g/mol. The van der Waals surface area contributed by atoms with Crippen molar-refractivity contribution < 1.29 is 21.6 Å². The highest BCUT2D eigenvalue weighted by atomic mass is 32.2. The molecule has 0 saturated carbocycles. The van der Waals surface area contributed by atoms with Gasteiger partial charge in [-0.15, -0.1) is 0 Å². The number of nitrogens with one attached hydrogen (secondary N) is 1. The molecule has 0 aliphatic carbocycles. The minimum Gasteiger partial charge on any atom is -0.324 e. The molecule has 0 aliphatic rings. The maximum absolute atomic E-state index is 13.5. The van der Waals surface area contributed by atoms with Gasteiger partial charge in [0.15, 0.2) is 0 Å². The molecule has 1 amide bonds. The second kappa shape index (κ2) is 9.86. The van der Waals surface area contributed by atoms with Gasteiger partial charge in [0, 0.05) is 12.7 Å². The predicted molar refractivity (Wildman–Crippen MR) is 135 cm³/mol. The molecule has 0 spiro atoms. The maximum Gasteiger partial charge on any atom is 0.264 e. The zero-order chi connectivity index (χ0) is 25.1. The Kier molecular flexibility index (Phi) is 7.32. The summed E-state index contributed by atoms with van der Waals surface area (Å²) in [6, 6.07) is 19.6. The van der Waals surface area contributed by atoms with Gasteiger partial charge in [0.25, 0.3) is 10.0 Å². The maximum atomic E-state index is 13.5. The molecular formula is C24H27N3O5S2. The van der Waals surface area contributed by atoms with Crippen molar-refractivity contribution in [2.75, 3.05) is 33.8 Å². The summed E-state index contributed by atoms with van der Waals surface area (Å²) in [7, 11) is -6.11. The number of carbonyl (C=O) groups excluding carboxylic acids is 1. The van der Waals surface area contributed by atoms with Crippen LogP contribution in [0.15, 0.2) is 77.7 Å². The molecule has 0 unspecified atom stereocenters. The van der Waals surface area contributed by atoms with Gasteiger partial charge in [0.1, 0.15) is 6.54 Å². The van der Waals surface area contributed by atoms with Crippen LogP contribution in [0, 0.1) is 13.8 Å². The summed E-state index contributed by atoms with van der Waals surface area (Å²) >= 11 is 0. The monoisotopic (exact) mass is 501 g/mol. The van der Waals surface area contributed by atoms with Gasteiger partial charge in [-0.25, -0.2) is 16.8 Å². The van der Waals surface area contributed by atoms with Crippen molar-refractivity contribution >= 4 is 43.0 Å². The topological polar surface area (TPSA) is 104 Å². The Bertz CT molecular complexity index is 1410. The van der Waals surface area contributed by atoms with Crippen molar-refractivity contribution in [3.05, 3.63) is 83.9 Å². The van der Waals surface area contributed by atoms with Crippen molar-refractivity contribution in [1.82, 2.24) is 0 Å². The van der Waals surface area contributed by atoms with Crippen LogP contribution in [0.4, 0.5) is 17.1 Å². The number of sulfonamides is 2. The van der Waals surface area contributed by atoms with Crippen LogP contribution in [0.5, 0.6) is 0 Å². The first kappa shape index (κ1) is 25.3. The number of amides is 1. The molecule has 34 heavy (non-hydrogen) atoms. The van der Waals surface area contributed by atoms with E-state index in [0.29, 0.717) is 22.6 Å². The first-order valence-corrected chi connectivity index (χ1v) is 13.7. The molecule has 0 aliphatic heterocycles. The fraction of sp³-hybridized carbons (Fsp3) is 0.208. The summed E-state index contributed by atoms with van der Waals surface area (Å²) in [6.07, 6.45) is 1.08. The van der Waals surface area contributed by atoms with E-state index in [4.69, 9.17) is 0 Å². The van der Waals surface area contributed by atoms with Crippen molar-refractivity contribution in [1.29, 1.82) is 0 Å². The molecule has 3 aromatic rings. The number of nitrogens with zero attached hydrogens (tertiary/aromatic N) is 2. The van der Waals surface area contributed by atoms with E-state index in [2.05, 4.69) is 5.32 Å². The molecule has 8 nitrogen and oxygen atoms in total. The van der Waals surface area contributed by atoms with Crippen LogP contribution in [0.1, 0.15) is 11.1 Å². The van der Waals surface area contributed by atoms with E-state index in [1.807, 2.05) is 13.0 Å². The molecule has 3 aromatic carbocycles. The fourth-order valence-electron chi connectivity index (χ4n) is 3.31. The van der Waals surface area contributed by atoms with Crippen LogP contribution >= 0.6 is 0 Å². The first-order valence-electron chi connectivity index (χ1n) is 10.4. The number of rotatable bonds is 8. The van der Waals surface area contributed by atoms with Crippen LogP contribution in [0.3, 0.4) is 0 Å². The zero-order valence-corrected chi connectivity index (χ0v) is 21.0. The Morgan fingerprint density at radius 1 is 0.882 bits per heavy atom. The van der Waals surface area contributed by atoms with Gasteiger partial charge in [-0.3, -0.25) is 13.4 Å². The molecule has 0 bridgehead atoms. The third kappa shape index (κ3) is 5.75. The predicted octanol–water partition coefficient (Wildman–Crippen LogP) is 3.53. The highest BCUT2D eigenvalue weighted by Crippen LogP contribution is 2.28. The van der Waals surface area contributed by atoms with Gasteiger partial charge in [-0.1, -0.05) is 36.4 Å². The van der Waals surface area contributed by atoms with E-state index in [1.165, 1.54) is 25.2 Å². The molecule has 0 radical (unpaired) electrons. The molecular weight excluding hydrogens is 474 g/mol. The molecule has 0 atom stereocenters. The summed E-state index contributed by atoms with van der Waals surface area (Å²) in [5, 5.41) is 2.68. The van der Waals surface area contributed by atoms with Crippen LogP contribution in [-0.4, -0.2) is 42.6 Å². The summed E-state index contributed by atoms with van der Waals surface area (Å²) in [6.45, 7) is 3.17. The lowest BCUT2D eigenvalue weighted by atomic mass is 10.1. The van der Waals surface area contributed by atoms with Crippen LogP contribution in [0.2, 0.25) is 0 Å². The second-order valence-electron chi connectivity index (χ2n) is 7.94. The average Bonchev–Trinajstić information content (AvgIpc) is 2.78. The summed E-state index contributed by atoms with van der Waals surface area (Å²) < 4.78 is 52.9. The highest BCUT2D eigenvalue weighted by molar-refractivity contribution is 7.93. The van der Waals surface area contributed by atoms with E-state index in [9.17, 15) is 21.6 Å². The quantitative estimate of drug-likeness (QED) is 0.509. The lowest BCUT2D eigenvalue weighted by molar-refractivity contribution is -0.114. The van der Waals surface area contributed by atoms with Crippen LogP contribution in [0.25, 0.3) is 0 Å². The number of carbonyl (C=O) groups is 1. The Labute approximate surface area is 200 Å². The van der Waals surface area contributed by atoms with Crippen molar-refractivity contribution in [3.63, 3.8) is 0 Å². The van der Waals surface area contributed by atoms with Crippen molar-refractivity contribution in [2.24, 2.45) is 0 Å². The highest BCUT2D eigenvalue weighted by Gasteiger charge is 2.28. The van der Waals surface area contributed by atoms with Gasteiger partial charge in [0.05, 0.1) is 22.5 Å². The third-order valence-electron chi connectivity index (χ3n) is 5.24. The number of benzene rings is 3. The van der Waals surface area contributed by atoms with Gasteiger partial charge < -0.3 is 5.32 Å². The van der Waals surface area contributed by atoms with Gasteiger partial charge in [-0.2, -0.15) is 0 Å². The van der Waals surface area contributed by atoms with E-state index in [0.717, 1.165) is 20.4 Å². The van der Waals surface area contributed by atoms with Gasteiger partial charge >= 0.3 is 0 Å². The SMILES string of the molecule is Cc1ccc(C)c(N(CC(=O)Nc2cccc(N(C)S(C)(=O)=O)c2)S(=O)(=O)c2ccccc2)c1. The van der Waals surface area contributed by atoms with Crippen molar-refractivity contribution in [2.45, 2.75) is 18.7 Å². The number of anilines is 3. The summed E-state index contributed by atoms with van der Waals surface area (Å²) in [5.41, 5.74) is 2.67. The normalized spacial score (nSPS) is 11.6. The molecule has 0 fully saturated rings. The summed E-state index contributed by atoms with van der Waals surface area (Å²) in [5.74, 6) is -0.570. The van der Waals surface area contributed by atoms with E-state index in [1.54, 1.807) is 55.5 Å². The molecule has 0 saturated heterocycles.